The summed E-state index contributed by atoms with van der Waals surface area (Å²) in [6.45, 7) is 8.06. The van der Waals surface area contributed by atoms with Gasteiger partial charge in [-0.1, -0.05) is 40.5 Å². The maximum atomic E-state index is 12.1. The fraction of sp³-hybridized carbons (Fsp3) is 0.667. The second-order valence-electron chi connectivity index (χ2n) is 8.88. The first-order valence-electron chi connectivity index (χ1n) is 9.98. The van der Waals surface area contributed by atoms with Crippen LogP contribution < -0.4 is 11.1 Å². The van der Waals surface area contributed by atoms with E-state index >= 15 is 0 Å². The molecule has 0 saturated carbocycles. The van der Waals surface area contributed by atoms with Gasteiger partial charge in [0.25, 0.3) is 11.1 Å². The lowest BCUT2D eigenvalue weighted by Crippen LogP contribution is -2.24. The minimum atomic E-state index is -0.264. The minimum absolute atomic E-state index is 0.179. The molecular weight excluding hydrogens is 360 g/mol. The molecule has 156 valence electrons. The molecule has 2 aromatic rings. The number of H-pyrrole nitrogens is 2. The monoisotopic (exact) mass is 392 g/mol. The largest absolute Gasteiger partial charge is 0.387 e. The first kappa shape index (κ1) is 22.0. The lowest BCUT2D eigenvalue weighted by molar-refractivity contribution is -0.119. The number of hydrogen-bond donors (Lipinski definition) is 2. The highest BCUT2D eigenvalue weighted by molar-refractivity contribution is 5.78. The molecule has 0 atom stereocenters. The number of hydrogen-bond acceptors (Lipinski definition) is 5. The van der Waals surface area contributed by atoms with Gasteiger partial charge in [0.15, 0.2) is 0 Å². The van der Waals surface area contributed by atoms with E-state index in [1.807, 2.05) is 27.7 Å². The van der Waals surface area contributed by atoms with Gasteiger partial charge in [-0.25, -0.2) is 0 Å². The molecule has 0 aromatic carbocycles. The lowest BCUT2D eigenvalue weighted by Gasteiger charge is -2.22. The summed E-state index contributed by atoms with van der Waals surface area (Å²) in [5, 5.41) is 4.65. The summed E-state index contributed by atoms with van der Waals surface area (Å²) in [7, 11) is 0. The molecule has 0 bridgehead atoms. The predicted molar refractivity (Wildman–Crippen MR) is 107 cm³/mol. The van der Waals surface area contributed by atoms with E-state index in [0.29, 0.717) is 24.0 Å². The second kappa shape index (κ2) is 9.26. The highest BCUT2D eigenvalue weighted by Crippen LogP contribution is 2.28. The van der Waals surface area contributed by atoms with Crippen LogP contribution in [0.1, 0.15) is 90.2 Å². The van der Waals surface area contributed by atoms with Crippen molar-refractivity contribution in [2.75, 3.05) is 0 Å². The maximum absolute atomic E-state index is 12.1. The molecule has 0 amide bonds. The predicted octanol–water partition coefficient (Wildman–Crippen LogP) is 4.19. The third-order valence-electron chi connectivity index (χ3n) is 5.62. The number of aromatic nitrogens is 2. The van der Waals surface area contributed by atoms with Crippen LogP contribution in [0.2, 0.25) is 0 Å². The van der Waals surface area contributed by atoms with E-state index in [1.165, 1.54) is 12.5 Å². The number of carbonyl (C=O) groups is 1. The van der Waals surface area contributed by atoms with E-state index in [2.05, 4.69) is 10.3 Å². The van der Waals surface area contributed by atoms with Crippen LogP contribution in [0.3, 0.4) is 0 Å². The number of nitrogens with one attached hydrogen (secondary N) is 2. The van der Waals surface area contributed by atoms with E-state index in [1.54, 1.807) is 0 Å². The molecule has 0 aliphatic heterocycles. The Bertz CT molecular complexity index is 795. The molecule has 28 heavy (non-hydrogen) atoms. The molecular formula is C21H32N2O5. The van der Waals surface area contributed by atoms with Gasteiger partial charge in [0.2, 0.25) is 0 Å². The number of unbranched alkanes of at least 4 members (excludes halogenated alkanes) is 2. The first-order chi connectivity index (χ1) is 13.1. The summed E-state index contributed by atoms with van der Waals surface area (Å²) in [5.74, 6) is 0.276. The number of ketones is 1. The SMILES string of the molecule is CC(C)(CCCCC(=O)CCCCC(C)(C)c1co[nH]c1=O)c1co[nH]c1=O. The Labute approximate surface area is 164 Å². The molecule has 0 fully saturated rings. The van der Waals surface area contributed by atoms with Crippen LogP contribution >= 0.6 is 0 Å². The van der Waals surface area contributed by atoms with Crippen molar-refractivity contribution in [1.29, 1.82) is 0 Å². The Hall–Kier alpha value is -2.31. The normalized spacial score (nSPS) is 12.4. The van der Waals surface area contributed by atoms with Crippen molar-refractivity contribution in [2.45, 2.75) is 89.9 Å². The fourth-order valence-corrected chi connectivity index (χ4v) is 3.61. The van der Waals surface area contributed by atoms with Gasteiger partial charge < -0.3 is 9.05 Å². The Morgan fingerprint density at radius 1 is 0.786 bits per heavy atom. The maximum Gasteiger partial charge on any atom is 0.283 e. The molecule has 7 heteroatoms. The van der Waals surface area contributed by atoms with E-state index in [9.17, 15) is 14.4 Å². The van der Waals surface area contributed by atoms with E-state index in [-0.39, 0.29) is 27.7 Å². The van der Waals surface area contributed by atoms with Crippen molar-refractivity contribution in [2.24, 2.45) is 0 Å². The van der Waals surface area contributed by atoms with Gasteiger partial charge in [-0.3, -0.25) is 14.4 Å². The Morgan fingerprint density at radius 3 is 1.50 bits per heavy atom. The fourth-order valence-electron chi connectivity index (χ4n) is 3.61. The van der Waals surface area contributed by atoms with Crippen molar-refractivity contribution in [3.05, 3.63) is 44.4 Å². The molecule has 0 aliphatic carbocycles. The summed E-state index contributed by atoms with van der Waals surface area (Å²) in [6.07, 6.45) is 9.19. The molecule has 0 unspecified atom stereocenters. The number of aromatic amines is 2. The molecule has 0 saturated heterocycles. The average molecular weight is 392 g/mol. The lowest BCUT2D eigenvalue weighted by atomic mass is 9.81. The van der Waals surface area contributed by atoms with Gasteiger partial charge in [0.1, 0.15) is 18.3 Å². The number of Topliss-reactive ketones (excluding diaryl/α,β-unsaturated/α-hetero) is 1. The van der Waals surface area contributed by atoms with Crippen molar-refractivity contribution in [3.63, 3.8) is 0 Å². The van der Waals surface area contributed by atoms with Crippen molar-refractivity contribution < 1.29 is 13.8 Å². The molecule has 0 spiro atoms. The van der Waals surface area contributed by atoms with E-state index in [4.69, 9.17) is 9.05 Å². The van der Waals surface area contributed by atoms with Gasteiger partial charge in [0, 0.05) is 12.8 Å². The number of carbonyl (C=O) groups excluding carboxylic acids is 1. The summed E-state index contributed by atoms with van der Waals surface area (Å²) < 4.78 is 9.74. The third-order valence-corrected chi connectivity index (χ3v) is 5.62. The van der Waals surface area contributed by atoms with E-state index < -0.39 is 0 Å². The van der Waals surface area contributed by atoms with Gasteiger partial charge in [-0.2, -0.15) is 10.3 Å². The van der Waals surface area contributed by atoms with Crippen LogP contribution in [0.5, 0.6) is 0 Å². The van der Waals surface area contributed by atoms with Crippen LogP contribution in [0.15, 0.2) is 31.2 Å². The van der Waals surface area contributed by atoms with Crippen LogP contribution in [-0.4, -0.2) is 16.1 Å². The zero-order valence-corrected chi connectivity index (χ0v) is 17.4. The van der Waals surface area contributed by atoms with Gasteiger partial charge in [0.05, 0.1) is 11.1 Å². The summed E-state index contributed by atoms with van der Waals surface area (Å²) in [5.41, 5.74) is 0.416. The summed E-state index contributed by atoms with van der Waals surface area (Å²) >= 11 is 0. The van der Waals surface area contributed by atoms with Gasteiger partial charge >= 0.3 is 0 Å². The van der Waals surface area contributed by atoms with Crippen LogP contribution in [-0.2, 0) is 15.6 Å². The highest BCUT2D eigenvalue weighted by Gasteiger charge is 2.26. The summed E-state index contributed by atoms with van der Waals surface area (Å²) in [4.78, 5) is 35.5. The van der Waals surface area contributed by atoms with Crippen LogP contribution in [0.4, 0.5) is 0 Å². The zero-order chi connectivity index (χ0) is 20.8. The highest BCUT2D eigenvalue weighted by atomic mass is 16.5. The van der Waals surface area contributed by atoms with Gasteiger partial charge in [-0.05, 0) is 36.5 Å². The number of rotatable bonds is 12. The third kappa shape index (κ3) is 5.84. The standard InChI is InChI=1S/C21H32N2O5/c1-20(2,16-13-27-22-18(16)25)11-7-5-9-15(24)10-6-8-12-21(3,4)17-14-28-23-19(17)26/h13-14H,5-12H2,1-4H3,(H,22,25)(H,23,26). The molecule has 0 aliphatic rings. The van der Waals surface area contributed by atoms with E-state index in [0.717, 1.165) is 38.5 Å². The molecule has 2 N–H and O–H groups in total. The molecule has 0 radical (unpaired) electrons. The molecule has 2 aromatic heterocycles. The smallest absolute Gasteiger partial charge is 0.283 e. The molecule has 2 heterocycles. The van der Waals surface area contributed by atoms with Crippen molar-refractivity contribution in [1.82, 2.24) is 10.3 Å². The van der Waals surface area contributed by atoms with Crippen molar-refractivity contribution in [3.8, 4) is 0 Å². The molecule has 7 nitrogen and oxygen atoms in total. The Balaban J connectivity index is 1.63. The summed E-state index contributed by atoms with van der Waals surface area (Å²) in [6, 6.07) is 0. The first-order valence-corrected chi connectivity index (χ1v) is 9.98. The molecule has 2 rings (SSSR count). The Kier molecular flexibility index (Phi) is 7.27. The van der Waals surface area contributed by atoms with Crippen LogP contribution in [0.25, 0.3) is 0 Å². The zero-order valence-electron chi connectivity index (χ0n) is 17.4. The van der Waals surface area contributed by atoms with Gasteiger partial charge in [-0.15, -0.1) is 0 Å². The van der Waals surface area contributed by atoms with Crippen molar-refractivity contribution >= 4 is 5.78 Å². The average Bonchev–Trinajstić information content (AvgIpc) is 3.24. The van der Waals surface area contributed by atoms with Crippen LogP contribution in [0, 0.1) is 0 Å². The Morgan fingerprint density at radius 2 is 1.18 bits per heavy atom. The minimum Gasteiger partial charge on any atom is -0.387 e. The second-order valence-corrected chi connectivity index (χ2v) is 8.88. The quantitative estimate of drug-likeness (QED) is 0.526. The topological polar surface area (TPSA) is 109 Å².